The number of azo groups is 2. The molecule has 12 heteroatoms. The van der Waals surface area contributed by atoms with Gasteiger partial charge in [0.15, 0.2) is 0 Å². The lowest BCUT2D eigenvalue weighted by molar-refractivity contribution is 0.122. The maximum atomic E-state index is 5.40. The standard InChI is InChI=1S/C29H33N9OS2/c1-20-18-22(6-8-24(20)32-33-28-34-35-29(41-28)38-14-16-39-17-15-38)30-31-25-9-7-23(19-21(25)2)36(3)26-10-11-27(40-26)37-12-4-5-13-37/h6-11,18-19H,4-5,12-17H2,1-3H3. The highest BCUT2D eigenvalue weighted by Crippen LogP contribution is 2.38. The van der Waals surface area contributed by atoms with E-state index in [0.717, 1.165) is 65.2 Å². The van der Waals surface area contributed by atoms with Crippen LogP contribution in [-0.2, 0) is 4.74 Å². The highest BCUT2D eigenvalue weighted by atomic mass is 32.1. The molecule has 4 aromatic rings. The Morgan fingerprint density at radius 1 is 0.756 bits per heavy atom. The summed E-state index contributed by atoms with van der Waals surface area (Å²) < 4.78 is 5.40. The van der Waals surface area contributed by atoms with Gasteiger partial charge >= 0.3 is 0 Å². The van der Waals surface area contributed by atoms with E-state index in [2.05, 4.69) is 83.6 Å². The van der Waals surface area contributed by atoms with Gasteiger partial charge in [0, 0.05) is 38.9 Å². The summed E-state index contributed by atoms with van der Waals surface area (Å²) in [7, 11) is 2.12. The van der Waals surface area contributed by atoms with Gasteiger partial charge in [0.1, 0.15) is 0 Å². The summed E-state index contributed by atoms with van der Waals surface area (Å²) in [5.74, 6) is 0. The summed E-state index contributed by atoms with van der Waals surface area (Å²) >= 11 is 3.28. The minimum Gasteiger partial charge on any atom is -0.378 e. The Hall–Kier alpha value is -3.74. The van der Waals surface area contributed by atoms with Crippen molar-refractivity contribution in [2.24, 2.45) is 20.5 Å². The van der Waals surface area contributed by atoms with Gasteiger partial charge in [0.25, 0.3) is 5.13 Å². The zero-order chi connectivity index (χ0) is 28.2. The predicted octanol–water partition coefficient (Wildman–Crippen LogP) is 8.25. The summed E-state index contributed by atoms with van der Waals surface area (Å²) in [5, 5.41) is 30.1. The second-order valence-electron chi connectivity index (χ2n) is 10.2. The molecule has 0 radical (unpaired) electrons. The number of nitrogens with zero attached hydrogens (tertiary/aromatic N) is 9. The summed E-state index contributed by atoms with van der Waals surface area (Å²) in [5.41, 5.74) is 5.54. The lowest BCUT2D eigenvalue weighted by Gasteiger charge is -2.25. The van der Waals surface area contributed by atoms with E-state index >= 15 is 0 Å². The fourth-order valence-electron chi connectivity index (χ4n) is 4.85. The van der Waals surface area contributed by atoms with E-state index in [1.165, 1.54) is 34.2 Å². The molecule has 0 aliphatic carbocycles. The fraction of sp³-hybridized carbons (Fsp3) is 0.379. The Morgan fingerprint density at radius 2 is 1.49 bits per heavy atom. The van der Waals surface area contributed by atoms with Crippen LogP contribution in [-0.4, -0.2) is 56.6 Å². The molecule has 2 aliphatic heterocycles. The molecule has 0 atom stereocenters. The van der Waals surface area contributed by atoms with Crippen LogP contribution >= 0.6 is 22.7 Å². The molecule has 2 fully saturated rings. The van der Waals surface area contributed by atoms with E-state index in [4.69, 9.17) is 4.74 Å². The minimum atomic E-state index is 0.533. The van der Waals surface area contributed by atoms with E-state index in [1.807, 2.05) is 42.5 Å². The van der Waals surface area contributed by atoms with Gasteiger partial charge in [-0.3, -0.25) is 0 Å². The van der Waals surface area contributed by atoms with Gasteiger partial charge in [-0.05, 0) is 86.3 Å². The normalized spacial score (nSPS) is 16.0. The molecular weight excluding hydrogens is 555 g/mol. The monoisotopic (exact) mass is 587 g/mol. The van der Waals surface area contributed by atoms with Gasteiger partial charge in [-0.2, -0.15) is 10.2 Å². The average Bonchev–Trinajstić information content (AvgIpc) is 3.78. The minimum absolute atomic E-state index is 0.533. The van der Waals surface area contributed by atoms with Crippen molar-refractivity contribution in [1.29, 1.82) is 0 Å². The molecule has 6 rings (SSSR count). The second kappa shape index (κ2) is 12.4. The van der Waals surface area contributed by atoms with Crippen molar-refractivity contribution in [3.05, 3.63) is 59.7 Å². The van der Waals surface area contributed by atoms with Gasteiger partial charge in [-0.1, -0.05) is 11.3 Å². The van der Waals surface area contributed by atoms with Crippen LogP contribution in [0.3, 0.4) is 0 Å². The van der Waals surface area contributed by atoms with Crippen molar-refractivity contribution in [1.82, 2.24) is 10.2 Å². The Morgan fingerprint density at radius 3 is 2.24 bits per heavy atom. The predicted molar refractivity (Wildman–Crippen MR) is 167 cm³/mol. The highest BCUT2D eigenvalue weighted by molar-refractivity contribution is 7.20. The highest BCUT2D eigenvalue weighted by Gasteiger charge is 2.17. The van der Waals surface area contributed by atoms with E-state index in [0.29, 0.717) is 18.3 Å². The first kappa shape index (κ1) is 27.4. The zero-order valence-electron chi connectivity index (χ0n) is 23.5. The molecule has 0 unspecified atom stereocenters. The van der Waals surface area contributed by atoms with Crippen molar-refractivity contribution >= 4 is 65.7 Å². The van der Waals surface area contributed by atoms with Gasteiger partial charge in [0.2, 0.25) is 5.13 Å². The molecule has 0 amide bonds. The molecule has 0 spiro atoms. The van der Waals surface area contributed by atoms with Crippen LogP contribution in [0.5, 0.6) is 0 Å². The molecule has 0 bridgehead atoms. The topological polar surface area (TPSA) is 94.2 Å². The van der Waals surface area contributed by atoms with Crippen LogP contribution in [0.4, 0.5) is 43.0 Å². The molecule has 0 N–H and O–H groups in total. The smallest absolute Gasteiger partial charge is 0.253 e. The molecule has 2 aromatic carbocycles. The Bertz CT molecular complexity index is 1550. The summed E-state index contributed by atoms with van der Waals surface area (Å²) in [6, 6.07) is 16.5. The number of hydrogen-bond donors (Lipinski definition) is 0. The Kier molecular flexibility index (Phi) is 8.31. The third kappa shape index (κ3) is 6.45. The molecule has 2 saturated heterocycles. The number of aromatic nitrogens is 2. The molecular formula is C29H33N9OS2. The summed E-state index contributed by atoms with van der Waals surface area (Å²) in [6.45, 7) is 9.43. The van der Waals surface area contributed by atoms with E-state index in [-0.39, 0.29) is 0 Å². The molecule has 212 valence electrons. The number of aryl methyl sites for hydroxylation is 2. The van der Waals surface area contributed by atoms with Crippen molar-refractivity contribution in [2.45, 2.75) is 26.7 Å². The first-order valence-corrected chi connectivity index (χ1v) is 15.5. The third-order valence-electron chi connectivity index (χ3n) is 7.28. The average molecular weight is 588 g/mol. The van der Waals surface area contributed by atoms with Gasteiger partial charge in [0.05, 0.1) is 40.3 Å². The van der Waals surface area contributed by atoms with Crippen molar-refractivity contribution in [3.63, 3.8) is 0 Å². The number of ether oxygens (including phenoxy) is 1. The number of anilines is 4. The quantitative estimate of drug-likeness (QED) is 0.193. The molecule has 4 heterocycles. The number of morpholine rings is 1. The SMILES string of the molecule is Cc1cc(N(C)c2ccc(N3CCCC3)s2)ccc1N=Nc1ccc(N=Nc2nnc(N3CCOCC3)s2)c(C)c1. The molecule has 2 aromatic heterocycles. The fourth-order valence-corrected chi connectivity index (χ4v) is 6.61. The van der Waals surface area contributed by atoms with E-state index in [1.54, 1.807) is 0 Å². The third-order valence-corrected chi connectivity index (χ3v) is 9.37. The van der Waals surface area contributed by atoms with Crippen LogP contribution in [0.25, 0.3) is 0 Å². The lowest BCUT2D eigenvalue weighted by Crippen LogP contribution is -2.36. The summed E-state index contributed by atoms with van der Waals surface area (Å²) in [4.78, 5) is 6.88. The van der Waals surface area contributed by atoms with E-state index < -0.39 is 0 Å². The second-order valence-corrected chi connectivity index (χ2v) is 12.1. The maximum Gasteiger partial charge on any atom is 0.253 e. The Balaban J connectivity index is 1.09. The van der Waals surface area contributed by atoms with Crippen LogP contribution in [0, 0.1) is 13.8 Å². The van der Waals surface area contributed by atoms with Crippen molar-refractivity contribution < 1.29 is 4.74 Å². The van der Waals surface area contributed by atoms with Crippen molar-refractivity contribution in [3.8, 4) is 0 Å². The first-order valence-electron chi connectivity index (χ1n) is 13.8. The van der Waals surface area contributed by atoms with Gasteiger partial charge < -0.3 is 19.4 Å². The first-order chi connectivity index (χ1) is 20.0. The van der Waals surface area contributed by atoms with Crippen LogP contribution in [0.15, 0.2) is 69.0 Å². The zero-order valence-corrected chi connectivity index (χ0v) is 25.2. The number of rotatable bonds is 8. The molecule has 41 heavy (non-hydrogen) atoms. The van der Waals surface area contributed by atoms with Crippen LogP contribution < -0.4 is 14.7 Å². The maximum absolute atomic E-state index is 5.40. The Labute approximate surface area is 248 Å². The van der Waals surface area contributed by atoms with Crippen LogP contribution in [0.2, 0.25) is 0 Å². The van der Waals surface area contributed by atoms with Gasteiger partial charge in [-0.15, -0.1) is 31.8 Å². The molecule has 2 aliphatic rings. The molecule has 10 nitrogen and oxygen atoms in total. The van der Waals surface area contributed by atoms with E-state index in [9.17, 15) is 0 Å². The number of thiophene rings is 1. The summed E-state index contributed by atoms with van der Waals surface area (Å²) in [6.07, 6.45) is 2.57. The lowest BCUT2D eigenvalue weighted by atomic mass is 10.1. The van der Waals surface area contributed by atoms with Crippen LogP contribution in [0.1, 0.15) is 24.0 Å². The number of hydrogen-bond acceptors (Lipinski definition) is 12. The largest absolute Gasteiger partial charge is 0.378 e. The van der Waals surface area contributed by atoms with Crippen molar-refractivity contribution in [2.75, 3.05) is 61.1 Å². The molecule has 0 saturated carbocycles. The number of benzene rings is 2. The van der Waals surface area contributed by atoms with Gasteiger partial charge in [-0.25, -0.2) is 0 Å².